The second-order valence-corrected chi connectivity index (χ2v) is 8.36. The first-order chi connectivity index (χ1) is 16.4. The molecule has 1 aliphatic heterocycles. The van der Waals surface area contributed by atoms with E-state index in [1.54, 1.807) is 18.1 Å². The molecule has 0 fully saturated rings. The molecule has 6 nitrogen and oxygen atoms in total. The van der Waals surface area contributed by atoms with Crippen molar-refractivity contribution in [3.05, 3.63) is 98.9 Å². The summed E-state index contributed by atoms with van der Waals surface area (Å²) >= 11 is 0. The van der Waals surface area contributed by atoms with Gasteiger partial charge in [-0.1, -0.05) is 24.3 Å². The van der Waals surface area contributed by atoms with E-state index in [1.807, 2.05) is 75.4 Å². The summed E-state index contributed by atoms with van der Waals surface area (Å²) in [5, 5.41) is 0.465. The number of ether oxygens (including phenoxy) is 2. The number of para-hydroxylation sites is 1. The van der Waals surface area contributed by atoms with Crippen LogP contribution in [0.5, 0.6) is 11.5 Å². The van der Waals surface area contributed by atoms with Gasteiger partial charge in [0.2, 0.25) is 5.76 Å². The summed E-state index contributed by atoms with van der Waals surface area (Å²) in [6.45, 7) is 6.30. The van der Waals surface area contributed by atoms with Crippen LogP contribution in [0.15, 0.2) is 69.9 Å². The zero-order valence-corrected chi connectivity index (χ0v) is 19.5. The maximum atomic E-state index is 13.8. The molecule has 6 heteroatoms. The van der Waals surface area contributed by atoms with Crippen LogP contribution in [-0.2, 0) is 0 Å². The standard InChI is InChI=1S/C28H25NO5/c1-5-33-21-12-11-18(15-23(21)32-4)25-24-26(30)20-13-16(2)17(3)14-22(20)34-27(24)28(31)29(25)19-9-7-6-8-10-19/h6-15,25H,5H2,1-4H3/t25-/m1/s1. The Morgan fingerprint density at radius 2 is 1.68 bits per heavy atom. The van der Waals surface area contributed by atoms with Gasteiger partial charge >= 0.3 is 0 Å². The van der Waals surface area contributed by atoms with Gasteiger partial charge in [-0.15, -0.1) is 0 Å². The third-order valence-electron chi connectivity index (χ3n) is 6.32. The molecule has 172 valence electrons. The summed E-state index contributed by atoms with van der Waals surface area (Å²) in [7, 11) is 1.57. The lowest BCUT2D eigenvalue weighted by Crippen LogP contribution is -2.29. The maximum Gasteiger partial charge on any atom is 0.295 e. The fourth-order valence-electron chi connectivity index (χ4n) is 4.53. The molecule has 3 aromatic carbocycles. The predicted octanol–water partition coefficient (Wildman–Crippen LogP) is 5.57. The highest BCUT2D eigenvalue weighted by molar-refractivity contribution is 6.10. The molecule has 0 saturated heterocycles. The molecule has 2 heterocycles. The van der Waals surface area contributed by atoms with Crippen molar-refractivity contribution in [3.63, 3.8) is 0 Å². The van der Waals surface area contributed by atoms with E-state index < -0.39 is 6.04 Å². The number of hydrogen-bond donors (Lipinski definition) is 0. The number of carbonyl (C=O) groups is 1. The average molecular weight is 456 g/mol. The van der Waals surface area contributed by atoms with Crippen molar-refractivity contribution in [3.8, 4) is 11.5 Å². The van der Waals surface area contributed by atoms with E-state index in [2.05, 4.69) is 0 Å². The minimum Gasteiger partial charge on any atom is -0.493 e. The van der Waals surface area contributed by atoms with Crippen LogP contribution in [0.2, 0.25) is 0 Å². The van der Waals surface area contributed by atoms with Crippen molar-refractivity contribution in [1.29, 1.82) is 0 Å². The van der Waals surface area contributed by atoms with Gasteiger partial charge in [0.1, 0.15) is 5.58 Å². The third kappa shape index (κ3) is 3.34. The first-order valence-corrected chi connectivity index (χ1v) is 11.2. The lowest BCUT2D eigenvalue weighted by molar-refractivity contribution is 0.0971. The van der Waals surface area contributed by atoms with Gasteiger partial charge in [-0.3, -0.25) is 14.5 Å². The molecule has 0 unspecified atom stereocenters. The van der Waals surface area contributed by atoms with Crippen LogP contribution in [0.1, 0.15) is 45.8 Å². The summed E-state index contributed by atoms with van der Waals surface area (Å²) in [4.78, 5) is 29.1. The van der Waals surface area contributed by atoms with E-state index in [0.29, 0.717) is 40.3 Å². The van der Waals surface area contributed by atoms with E-state index in [1.165, 1.54) is 0 Å². The lowest BCUT2D eigenvalue weighted by atomic mass is 9.97. The Bertz CT molecular complexity index is 1470. The molecule has 4 aromatic rings. The number of fused-ring (bicyclic) bond motifs is 2. The minimum absolute atomic E-state index is 0.0717. The quantitative estimate of drug-likeness (QED) is 0.394. The van der Waals surface area contributed by atoms with Crippen LogP contribution in [0.3, 0.4) is 0 Å². The van der Waals surface area contributed by atoms with Crippen molar-refractivity contribution in [2.45, 2.75) is 26.8 Å². The van der Waals surface area contributed by atoms with Crippen LogP contribution in [0.4, 0.5) is 5.69 Å². The minimum atomic E-state index is -0.670. The fraction of sp³-hybridized carbons (Fsp3) is 0.214. The zero-order valence-electron chi connectivity index (χ0n) is 19.5. The number of carbonyl (C=O) groups excluding carboxylic acids is 1. The molecule has 1 amide bonds. The molecule has 1 aliphatic rings. The number of anilines is 1. The SMILES string of the molecule is CCOc1ccc([C@@H]2c3c(oc4cc(C)c(C)cc4c3=O)C(=O)N2c2ccccc2)cc1OC. The van der Waals surface area contributed by atoms with Crippen LogP contribution >= 0.6 is 0 Å². The van der Waals surface area contributed by atoms with Crippen molar-refractivity contribution in [2.75, 3.05) is 18.6 Å². The Labute approximate surface area is 197 Å². The molecule has 5 rings (SSSR count). The number of hydrogen-bond acceptors (Lipinski definition) is 5. The molecule has 1 aromatic heterocycles. The van der Waals surface area contributed by atoms with Gasteiger partial charge in [0, 0.05) is 5.69 Å². The van der Waals surface area contributed by atoms with Crippen molar-refractivity contribution in [1.82, 2.24) is 0 Å². The van der Waals surface area contributed by atoms with Gasteiger partial charge in [-0.05, 0) is 73.9 Å². The maximum absolute atomic E-state index is 13.8. The second-order valence-electron chi connectivity index (χ2n) is 8.36. The van der Waals surface area contributed by atoms with E-state index in [0.717, 1.165) is 16.7 Å². The Hall–Kier alpha value is -4.06. The average Bonchev–Trinajstić information content (AvgIpc) is 3.14. The molecular weight excluding hydrogens is 430 g/mol. The highest BCUT2D eigenvalue weighted by Crippen LogP contribution is 2.43. The summed E-state index contributed by atoms with van der Waals surface area (Å²) in [6, 6.07) is 17.8. The van der Waals surface area contributed by atoms with Crippen LogP contribution in [-0.4, -0.2) is 19.6 Å². The van der Waals surface area contributed by atoms with Crippen molar-refractivity contribution >= 4 is 22.6 Å². The van der Waals surface area contributed by atoms with E-state index in [-0.39, 0.29) is 17.1 Å². The number of rotatable bonds is 5. The number of benzene rings is 3. The van der Waals surface area contributed by atoms with E-state index in [9.17, 15) is 9.59 Å². The smallest absolute Gasteiger partial charge is 0.295 e. The normalized spacial score (nSPS) is 15.0. The number of aryl methyl sites for hydroxylation is 2. The molecule has 0 N–H and O–H groups in total. The second kappa shape index (κ2) is 8.37. The summed E-state index contributed by atoms with van der Waals surface area (Å²) in [6.07, 6.45) is 0. The van der Waals surface area contributed by atoms with Gasteiger partial charge in [0.25, 0.3) is 5.91 Å². The molecule has 0 saturated carbocycles. The molecule has 0 spiro atoms. The fourth-order valence-corrected chi connectivity index (χ4v) is 4.53. The van der Waals surface area contributed by atoms with Gasteiger partial charge in [0.05, 0.1) is 30.7 Å². The van der Waals surface area contributed by atoms with Crippen molar-refractivity contribution < 1.29 is 18.7 Å². The molecule has 0 aliphatic carbocycles. The Kier molecular flexibility index (Phi) is 5.36. The topological polar surface area (TPSA) is 69.0 Å². The number of amides is 1. The first-order valence-electron chi connectivity index (χ1n) is 11.2. The zero-order chi connectivity index (χ0) is 24.0. The predicted molar refractivity (Wildman–Crippen MR) is 131 cm³/mol. The molecule has 0 radical (unpaired) electrons. The molecular formula is C28H25NO5. The van der Waals surface area contributed by atoms with Gasteiger partial charge in [0.15, 0.2) is 16.9 Å². The van der Waals surface area contributed by atoms with Crippen molar-refractivity contribution in [2.24, 2.45) is 0 Å². The Morgan fingerprint density at radius 3 is 2.38 bits per heavy atom. The Balaban J connectivity index is 1.80. The summed E-state index contributed by atoms with van der Waals surface area (Å²) in [5.41, 5.74) is 3.93. The number of methoxy groups -OCH3 is 1. The van der Waals surface area contributed by atoms with Crippen LogP contribution in [0, 0.1) is 13.8 Å². The molecule has 0 bridgehead atoms. The highest BCUT2D eigenvalue weighted by atomic mass is 16.5. The van der Waals surface area contributed by atoms with Crippen LogP contribution in [0.25, 0.3) is 11.0 Å². The van der Waals surface area contributed by atoms with E-state index in [4.69, 9.17) is 13.9 Å². The van der Waals surface area contributed by atoms with Gasteiger partial charge in [-0.2, -0.15) is 0 Å². The first kappa shape index (κ1) is 21.8. The summed E-state index contributed by atoms with van der Waals surface area (Å²) in [5.74, 6) is 0.852. The highest BCUT2D eigenvalue weighted by Gasteiger charge is 2.44. The Morgan fingerprint density at radius 1 is 0.941 bits per heavy atom. The van der Waals surface area contributed by atoms with Gasteiger partial charge < -0.3 is 13.9 Å². The van der Waals surface area contributed by atoms with E-state index >= 15 is 0 Å². The molecule has 34 heavy (non-hydrogen) atoms. The lowest BCUT2D eigenvalue weighted by Gasteiger charge is -2.25. The molecule has 1 atom stereocenters. The number of nitrogens with zero attached hydrogens (tertiary/aromatic N) is 1. The summed E-state index contributed by atoms with van der Waals surface area (Å²) < 4.78 is 17.3. The third-order valence-corrected chi connectivity index (χ3v) is 6.32. The van der Waals surface area contributed by atoms with Gasteiger partial charge in [-0.25, -0.2) is 0 Å². The van der Waals surface area contributed by atoms with Crippen LogP contribution < -0.4 is 19.8 Å². The monoisotopic (exact) mass is 455 g/mol. The largest absolute Gasteiger partial charge is 0.493 e.